The molecule has 0 bridgehead atoms. The van der Waals surface area contributed by atoms with Crippen LogP contribution in [0.4, 0.5) is 0 Å². The number of likely N-dealkylation sites (N-methyl/N-ethyl adjacent to an activating group) is 1. The van der Waals surface area contributed by atoms with E-state index in [9.17, 15) is 13.2 Å². The maximum absolute atomic E-state index is 12.7. The number of benzene rings is 3. The summed E-state index contributed by atoms with van der Waals surface area (Å²) in [5.74, 6) is -0.519. The monoisotopic (exact) mass is 381 g/mol. The summed E-state index contributed by atoms with van der Waals surface area (Å²) in [5.41, 5.74) is 3.17. The zero-order valence-electron chi connectivity index (χ0n) is 14.7. The van der Waals surface area contributed by atoms with Gasteiger partial charge >= 0.3 is 0 Å². The Morgan fingerprint density at radius 1 is 1.00 bits per heavy atom. The molecule has 0 unspecified atom stereocenters. The van der Waals surface area contributed by atoms with Gasteiger partial charge in [0.05, 0.1) is 17.7 Å². The van der Waals surface area contributed by atoms with Crippen molar-refractivity contribution in [1.29, 1.82) is 0 Å². The van der Waals surface area contributed by atoms with Gasteiger partial charge in [-0.1, -0.05) is 60.7 Å². The van der Waals surface area contributed by atoms with Crippen LogP contribution in [-0.4, -0.2) is 38.4 Å². The molecular formula is C20H19N3O3S. The number of nitrogens with zero attached hydrogens (tertiary/aromatic N) is 2. The number of hydrazone groups is 1. The molecule has 0 aliphatic rings. The van der Waals surface area contributed by atoms with Crippen molar-refractivity contribution >= 4 is 32.9 Å². The Kier molecular flexibility index (Phi) is 5.63. The highest BCUT2D eigenvalue weighted by molar-refractivity contribution is 7.89. The van der Waals surface area contributed by atoms with E-state index in [1.807, 2.05) is 54.6 Å². The van der Waals surface area contributed by atoms with Gasteiger partial charge in [0.2, 0.25) is 10.0 Å². The molecule has 0 spiro atoms. The third-order valence-electron chi connectivity index (χ3n) is 4.00. The molecule has 0 radical (unpaired) electrons. The summed E-state index contributed by atoms with van der Waals surface area (Å²) in [4.78, 5) is 12.1. The summed E-state index contributed by atoms with van der Waals surface area (Å²) in [6, 6.07) is 21.7. The lowest BCUT2D eigenvalue weighted by molar-refractivity contribution is -0.121. The van der Waals surface area contributed by atoms with Crippen LogP contribution in [0, 0.1) is 0 Å². The van der Waals surface area contributed by atoms with Crippen LogP contribution in [0.25, 0.3) is 10.8 Å². The van der Waals surface area contributed by atoms with Gasteiger partial charge < -0.3 is 0 Å². The molecule has 0 atom stereocenters. The van der Waals surface area contributed by atoms with Gasteiger partial charge in [0.25, 0.3) is 5.91 Å². The molecule has 27 heavy (non-hydrogen) atoms. The van der Waals surface area contributed by atoms with Crippen molar-refractivity contribution in [3.8, 4) is 0 Å². The first-order chi connectivity index (χ1) is 13.0. The third kappa shape index (κ3) is 4.58. The van der Waals surface area contributed by atoms with Crippen molar-refractivity contribution in [2.75, 3.05) is 13.6 Å². The number of hydrogen-bond acceptors (Lipinski definition) is 4. The maximum atomic E-state index is 12.7. The number of fused-ring (bicyclic) bond motifs is 1. The van der Waals surface area contributed by atoms with Crippen molar-refractivity contribution in [2.24, 2.45) is 5.10 Å². The van der Waals surface area contributed by atoms with E-state index in [0.29, 0.717) is 0 Å². The predicted molar refractivity (Wildman–Crippen MR) is 106 cm³/mol. The van der Waals surface area contributed by atoms with Crippen molar-refractivity contribution in [3.05, 3.63) is 78.4 Å². The number of rotatable bonds is 6. The number of carbonyl (C=O) groups is 1. The molecule has 0 aromatic heterocycles. The fourth-order valence-corrected chi connectivity index (χ4v) is 3.71. The van der Waals surface area contributed by atoms with E-state index in [1.54, 1.807) is 18.2 Å². The SMILES string of the molecule is CN(CC(=O)N/N=C\c1ccccc1)S(=O)(=O)c1ccc2ccccc2c1. The van der Waals surface area contributed by atoms with Crippen molar-refractivity contribution < 1.29 is 13.2 Å². The van der Waals surface area contributed by atoms with Gasteiger partial charge in [-0.2, -0.15) is 9.41 Å². The van der Waals surface area contributed by atoms with E-state index in [4.69, 9.17) is 0 Å². The first-order valence-electron chi connectivity index (χ1n) is 8.29. The van der Waals surface area contributed by atoms with E-state index >= 15 is 0 Å². The van der Waals surface area contributed by atoms with Crippen molar-refractivity contribution in [2.45, 2.75) is 4.90 Å². The lowest BCUT2D eigenvalue weighted by Gasteiger charge is -2.16. The summed E-state index contributed by atoms with van der Waals surface area (Å²) in [7, 11) is -2.42. The molecule has 3 aromatic rings. The van der Waals surface area contributed by atoms with Gasteiger partial charge in [0, 0.05) is 7.05 Å². The fraction of sp³-hybridized carbons (Fsp3) is 0.100. The van der Waals surface area contributed by atoms with Crippen LogP contribution in [0.5, 0.6) is 0 Å². The lowest BCUT2D eigenvalue weighted by Crippen LogP contribution is -2.36. The van der Waals surface area contributed by atoms with E-state index in [2.05, 4.69) is 10.5 Å². The Hall–Kier alpha value is -3.03. The van der Waals surface area contributed by atoms with Gasteiger partial charge in [-0.25, -0.2) is 13.8 Å². The summed E-state index contributed by atoms with van der Waals surface area (Å²) in [6.45, 7) is -0.332. The zero-order valence-corrected chi connectivity index (χ0v) is 15.6. The largest absolute Gasteiger partial charge is 0.272 e. The smallest absolute Gasteiger partial charge is 0.255 e. The second-order valence-electron chi connectivity index (χ2n) is 5.97. The number of hydrogen-bond donors (Lipinski definition) is 1. The molecule has 6 nitrogen and oxygen atoms in total. The van der Waals surface area contributed by atoms with Gasteiger partial charge in [-0.05, 0) is 28.5 Å². The molecule has 0 saturated carbocycles. The average Bonchev–Trinajstić information content (AvgIpc) is 2.68. The van der Waals surface area contributed by atoms with Gasteiger partial charge in [0.1, 0.15) is 0 Å². The summed E-state index contributed by atoms with van der Waals surface area (Å²) in [5, 5.41) is 5.62. The molecule has 0 saturated heterocycles. The van der Waals surface area contributed by atoms with Crippen LogP contribution in [-0.2, 0) is 14.8 Å². The van der Waals surface area contributed by atoms with Gasteiger partial charge in [0.15, 0.2) is 0 Å². The highest BCUT2D eigenvalue weighted by atomic mass is 32.2. The van der Waals surface area contributed by atoms with E-state index < -0.39 is 15.9 Å². The second kappa shape index (κ2) is 8.11. The molecule has 0 heterocycles. The van der Waals surface area contributed by atoms with Crippen LogP contribution in [0.2, 0.25) is 0 Å². The molecule has 0 aliphatic carbocycles. The number of amides is 1. The number of carbonyl (C=O) groups excluding carboxylic acids is 1. The van der Waals surface area contributed by atoms with Gasteiger partial charge in [-0.3, -0.25) is 4.79 Å². The molecule has 1 N–H and O–H groups in total. The molecule has 0 fully saturated rings. The summed E-state index contributed by atoms with van der Waals surface area (Å²) in [6.07, 6.45) is 1.50. The Labute approximate surface area is 158 Å². The normalized spacial score (nSPS) is 11.9. The predicted octanol–water partition coefficient (Wildman–Crippen LogP) is 2.61. The summed E-state index contributed by atoms with van der Waals surface area (Å²) >= 11 is 0. The number of nitrogens with one attached hydrogen (secondary N) is 1. The molecule has 3 aromatic carbocycles. The minimum absolute atomic E-state index is 0.143. The lowest BCUT2D eigenvalue weighted by atomic mass is 10.1. The topological polar surface area (TPSA) is 78.8 Å². The van der Waals surface area contributed by atoms with Crippen LogP contribution in [0.1, 0.15) is 5.56 Å². The minimum Gasteiger partial charge on any atom is -0.272 e. The fourth-order valence-electron chi connectivity index (χ4n) is 2.55. The first kappa shape index (κ1) is 18.8. The average molecular weight is 381 g/mol. The van der Waals surface area contributed by atoms with E-state index in [0.717, 1.165) is 20.6 Å². The molecule has 1 amide bonds. The second-order valence-corrected chi connectivity index (χ2v) is 8.02. The maximum Gasteiger partial charge on any atom is 0.255 e. The Morgan fingerprint density at radius 2 is 1.67 bits per heavy atom. The standard InChI is InChI=1S/C20H19N3O3S/c1-23(15-20(24)22-21-14-16-7-3-2-4-8-16)27(25,26)19-12-11-17-9-5-6-10-18(17)13-19/h2-14H,15H2,1H3,(H,22,24)/b21-14-. The van der Waals surface area contributed by atoms with Crippen LogP contribution in [0.15, 0.2) is 82.8 Å². The molecule has 7 heteroatoms. The van der Waals surface area contributed by atoms with Crippen molar-refractivity contribution in [1.82, 2.24) is 9.73 Å². The van der Waals surface area contributed by atoms with Crippen LogP contribution in [0.3, 0.4) is 0 Å². The van der Waals surface area contributed by atoms with E-state index in [-0.39, 0.29) is 11.4 Å². The molecular weight excluding hydrogens is 362 g/mol. The molecule has 138 valence electrons. The number of sulfonamides is 1. The molecule has 3 rings (SSSR count). The van der Waals surface area contributed by atoms with E-state index in [1.165, 1.54) is 13.3 Å². The highest BCUT2D eigenvalue weighted by Gasteiger charge is 2.23. The zero-order chi connectivity index (χ0) is 19.3. The van der Waals surface area contributed by atoms with Crippen LogP contribution >= 0.6 is 0 Å². The Morgan fingerprint density at radius 3 is 2.41 bits per heavy atom. The Bertz CT molecular complexity index is 1080. The third-order valence-corrected chi connectivity index (χ3v) is 5.80. The summed E-state index contributed by atoms with van der Waals surface area (Å²) < 4.78 is 26.4. The van der Waals surface area contributed by atoms with Gasteiger partial charge in [-0.15, -0.1) is 0 Å². The van der Waals surface area contributed by atoms with Crippen LogP contribution < -0.4 is 5.43 Å². The quantitative estimate of drug-likeness (QED) is 0.527. The minimum atomic E-state index is -3.78. The first-order valence-corrected chi connectivity index (χ1v) is 9.73. The molecule has 0 aliphatic heterocycles. The van der Waals surface area contributed by atoms with Crippen molar-refractivity contribution in [3.63, 3.8) is 0 Å². The Balaban J connectivity index is 1.67. The highest BCUT2D eigenvalue weighted by Crippen LogP contribution is 2.21.